The van der Waals surface area contributed by atoms with Gasteiger partial charge in [-0.25, -0.2) is 8.78 Å². The van der Waals surface area contributed by atoms with Gasteiger partial charge in [-0.15, -0.1) is 0 Å². The van der Waals surface area contributed by atoms with E-state index < -0.39 is 119 Å². The van der Waals surface area contributed by atoms with Crippen LogP contribution >= 0.6 is 0 Å². The molecule has 0 N–H and O–H groups in total. The van der Waals surface area contributed by atoms with Crippen molar-refractivity contribution in [1.29, 1.82) is 0 Å². The van der Waals surface area contributed by atoms with Crippen molar-refractivity contribution in [3.8, 4) is 0 Å². The van der Waals surface area contributed by atoms with Crippen molar-refractivity contribution >= 4 is 0 Å². The first-order valence-corrected chi connectivity index (χ1v) is 12.3. The molecule has 0 bridgehead atoms. The van der Waals surface area contributed by atoms with Gasteiger partial charge in [-0.3, -0.25) is 0 Å². The van der Waals surface area contributed by atoms with Crippen LogP contribution < -0.4 is 0 Å². The highest BCUT2D eigenvalue weighted by atomic mass is 19.5. The molecule has 0 amide bonds. The van der Waals surface area contributed by atoms with Crippen LogP contribution in [0.4, 0.5) is 176 Å². The zero-order chi connectivity index (χ0) is 50.2. The van der Waals surface area contributed by atoms with Crippen LogP contribution in [0.5, 0.6) is 0 Å². The summed E-state index contributed by atoms with van der Waals surface area (Å²) in [6, 6.07) is 0. The lowest BCUT2D eigenvalue weighted by Crippen LogP contribution is -2.76. The summed E-state index contributed by atoms with van der Waals surface area (Å²) in [5.74, 6) is -169. The quantitative estimate of drug-likeness (QED) is 0.135. The summed E-state index contributed by atoms with van der Waals surface area (Å²) < 4.78 is 532. The van der Waals surface area contributed by atoms with Crippen molar-refractivity contribution in [3.05, 3.63) is 11.7 Å². The second kappa shape index (κ2) is 13.7. The van der Waals surface area contributed by atoms with Crippen LogP contribution in [0, 0.1) is 0 Å². The second-order valence-electron chi connectivity index (χ2n) is 10.8. The van der Waals surface area contributed by atoms with Crippen molar-refractivity contribution in [2.75, 3.05) is 0 Å². The summed E-state index contributed by atoms with van der Waals surface area (Å²) >= 11 is 0. The maximum absolute atomic E-state index is 13.8. The van der Waals surface area contributed by atoms with E-state index in [1.165, 1.54) is 0 Å². The Hall–Kier alpha value is -3.06. The Morgan fingerprint density at radius 2 is 0.250 bits per heavy atom. The van der Waals surface area contributed by atoms with Gasteiger partial charge >= 0.3 is 107 Å². The first-order valence-electron chi connectivity index (χ1n) is 12.3. The molecule has 60 heavy (non-hydrogen) atoms. The first-order chi connectivity index (χ1) is 25.1. The molecular weight excluding hydrogens is 1000 g/mol. The molecule has 0 heterocycles. The zero-order valence-corrected chi connectivity index (χ0v) is 25.1. The Balaban J connectivity index is 7.87. The molecule has 0 aromatic rings. The highest BCUT2D eigenvalue weighted by molar-refractivity contribution is 5.28. The molecule has 0 atom stereocenters. The van der Waals surface area contributed by atoms with E-state index in [4.69, 9.17) is 0 Å². The van der Waals surface area contributed by atoms with Crippen molar-refractivity contribution in [1.82, 2.24) is 0 Å². The summed E-state index contributed by atoms with van der Waals surface area (Å²) in [5.41, 5.74) is 0. The van der Waals surface area contributed by atoms with Gasteiger partial charge in [-0.2, -0.15) is 167 Å². The third-order valence-electron chi connectivity index (χ3n) is 6.98. The molecule has 0 spiro atoms. The van der Waals surface area contributed by atoms with E-state index in [2.05, 4.69) is 0 Å². The van der Waals surface area contributed by atoms with E-state index in [0.717, 1.165) is 0 Å². The first kappa shape index (κ1) is 56.9. The number of allylic oxidation sites excluding steroid dienone is 2. The van der Waals surface area contributed by atoms with E-state index in [1.54, 1.807) is 0 Å². The third kappa shape index (κ3) is 6.49. The number of halogens is 40. The van der Waals surface area contributed by atoms with Crippen LogP contribution in [0.15, 0.2) is 11.7 Å². The molecule has 0 aliphatic carbocycles. The van der Waals surface area contributed by atoms with Crippen molar-refractivity contribution < 1.29 is 176 Å². The van der Waals surface area contributed by atoms with Gasteiger partial charge in [0.1, 0.15) is 0 Å². The Bertz CT molecular complexity index is 1490. The van der Waals surface area contributed by atoms with Gasteiger partial charge in [0.05, 0.1) is 0 Å². The molecule has 0 aromatic heterocycles. The molecule has 0 aliphatic rings. The lowest BCUT2D eigenvalue weighted by molar-refractivity contribution is -0.468. The third-order valence-corrected chi connectivity index (χ3v) is 6.98. The standard InChI is InChI=1S/C20F40/c21-1(3(23,24)5(27,28)7(31,32)9(35,36)11(39,40)13(43,44)15(47,48)17(51,52)19(55,56)57)2(22)4(25,26)6(29,30)8(33,34)10(37,38)12(41,42)14(45,46)16(49,50)18(53,54)20(58,59)60. The van der Waals surface area contributed by atoms with Crippen LogP contribution in [0.25, 0.3) is 0 Å². The summed E-state index contributed by atoms with van der Waals surface area (Å²) in [5, 5.41) is 0. The minimum absolute atomic E-state index is 6.84. The van der Waals surface area contributed by atoms with Crippen LogP contribution in [-0.4, -0.2) is 107 Å². The SMILES string of the molecule is FC(=C(F)C(F)(F)C(F)(F)C(F)(F)C(F)(F)C(F)(F)C(F)(F)C(F)(F)C(F)(F)C(F)(F)F)C(F)(F)C(F)(F)C(F)(F)C(F)(F)C(F)(F)C(F)(F)C(F)(F)C(F)(F)C(F)(F)F. The Morgan fingerprint density at radius 1 is 0.150 bits per heavy atom. The number of hydrogen-bond donors (Lipinski definition) is 0. The topological polar surface area (TPSA) is 0 Å². The number of rotatable bonds is 16. The Labute approximate surface area is 296 Å². The number of hydrogen-bond acceptors (Lipinski definition) is 0. The monoisotopic (exact) mass is 1000 g/mol. The summed E-state index contributed by atoms with van der Waals surface area (Å²) in [6.45, 7) is 0. The van der Waals surface area contributed by atoms with E-state index in [1.807, 2.05) is 0 Å². The van der Waals surface area contributed by atoms with E-state index in [9.17, 15) is 176 Å². The van der Waals surface area contributed by atoms with Crippen LogP contribution in [0.1, 0.15) is 0 Å². The summed E-state index contributed by atoms with van der Waals surface area (Å²) in [4.78, 5) is 0. The van der Waals surface area contributed by atoms with Gasteiger partial charge in [0, 0.05) is 0 Å². The van der Waals surface area contributed by atoms with Gasteiger partial charge in [-0.1, -0.05) is 0 Å². The molecule has 0 unspecified atom stereocenters. The second-order valence-corrected chi connectivity index (χ2v) is 10.8. The maximum Gasteiger partial charge on any atom is 0.460 e. The van der Waals surface area contributed by atoms with Gasteiger partial charge in [0.25, 0.3) is 0 Å². The normalized spacial score (nSPS) is 17.6. The van der Waals surface area contributed by atoms with Crippen LogP contribution in [0.3, 0.4) is 0 Å². The fourth-order valence-corrected chi connectivity index (χ4v) is 3.27. The average Bonchev–Trinajstić information content (AvgIpc) is 3.01. The van der Waals surface area contributed by atoms with Gasteiger partial charge in [0.2, 0.25) is 11.7 Å². The molecule has 0 nitrogen and oxygen atoms in total. The van der Waals surface area contributed by atoms with Crippen molar-refractivity contribution in [2.45, 2.75) is 107 Å². The van der Waals surface area contributed by atoms with E-state index in [0.29, 0.717) is 0 Å². The largest absolute Gasteiger partial charge is 0.460 e. The van der Waals surface area contributed by atoms with Crippen molar-refractivity contribution in [2.24, 2.45) is 0 Å². The molecule has 0 fully saturated rings. The molecule has 0 radical (unpaired) electrons. The predicted octanol–water partition coefficient (Wildman–Crippen LogP) is 13.4. The fourth-order valence-electron chi connectivity index (χ4n) is 3.27. The molecule has 0 aromatic carbocycles. The molecule has 0 saturated carbocycles. The molecule has 360 valence electrons. The smallest absolute Gasteiger partial charge is 0.202 e. The van der Waals surface area contributed by atoms with Crippen molar-refractivity contribution in [3.63, 3.8) is 0 Å². The Morgan fingerprint density at radius 3 is 0.367 bits per heavy atom. The lowest BCUT2D eigenvalue weighted by atomic mass is 9.86. The van der Waals surface area contributed by atoms with Gasteiger partial charge in [0.15, 0.2) is 0 Å². The molecular formula is C20F40. The fraction of sp³-hybridized carbons (Fsp3) is 0.900. The lowest BCUT2D eigenvalue weighted by Gasteiger charge is -2.44. The number of alkyl halides is 38. The predicted molar refractivity (Wildman–Crippen MR) is 101 cm³/mol. The average molecular weight is 1000 g/mol. The highest BCUT2D eigenvalue weighted by Crippen LogP contribution is 2.69. The van der Waals surface area contributed by atoms with E-state index >= 15 is 0 Å². The van der Waals surface area contributed by atoms with Gasteiger partial charge < -0.3 is 0 Å². The van der Waals surface area contributed by atoms with Crippen LogP contribution in [0.2, 0.25) is 0 Å². The minimum atomic E-state index is -10.1. The zero-order valence-electron chi connectivity index (χ0n) is 25.1. The minimum Gasteiger partial charge on any atom is -0.202 e. The Kier molecular flexibility index (Phi) is 13.0. The van der Waals surface area contributed by atoms with Crippen LogP contribution in [-0.2, 0) is 0 Å². The molecule has 40 heteroatoms. The molecule has 0 rings (SSSR count). The maximum atomic E-state index is 13.8. The highest BCUT2D eigenvalue weighted by Gasteiger charge is 2.99. The summed E-state index contributed by atoms with van der Waals surface area (Å²) in [6.07, 6.45) is -16.9. The summed E-state index contributed by atoms with van der Waals surface area (Å²) in [7, 11) is 0. The van der Waals surface area contributed by atoms with Gasteiger partial charge in [-0.05, 0) is 0 Å². The van der Waals surface area contributed by atoms with E-state index in [-0.39, 0.29) is 0 Å². The molecule has 0 aliphatic heterocycles. The molecule has 0 saturated heterocycles.